The lowest BCUT2D eigenvalue weighted by molar-refractivity contribution is -0.160. The summed E-state index contributed by atoms with van der Waals surface area (Å²) in [5, 5.41) is 10.2. The first-order valence-corrected chi connectivity index (χ1v) is 6.55. The zero-order valence-corrected chi connectivity index (χ0v) is 11.3. The Morgan fingerprint density at radius 1 is 1.13 bits per heavy atom. The first-order chi connectivity index (χ1) is 6.87. The van der Waals surface area contributed by atoms with E-state index < -0.39 is 0 Å². The molecule has 0 saturated heterocycles. The van der Waals surface area contributed by atoms with Gasteiger partial charge < -0.3 is 5.11 Å². The summed E-state index contributed by atoms with van der Waals surface area (Å²) < 4.78 is 0. The Bertz CT molecular complexity index is 221. The first-order valence-electron chi connectivity index (χ1n) is 6.55. The summed E-state index contributed by atoms with van der Waals surface area (Å²) in [4.78, 5) is 0. The molecule has 90 valence electrons. The molecule has 0 heterocycles. The van der Waals surface area contributed by atoms with E-state index in [4.69, 9.17) is 0 Å². The van der Waals surface area contributed by atoms with Gasteiger partial charge in [-0.05, 0) is 41.9 Å². The molecule has 3 aliphatic carbocycles. The van der Waals surface area contributed by atoms with Crippen molar-refractivity contribution in [2.24, 2.45) is 22.7 Å². The monoisotopic (exact) mass is 212 g/mol. The highest BCUT2D eigenvalue weighted by Crippen LogP contribution is 2.60. The van der Waals surface area contributed by atoms with Gasteiger partial charge in [-0.3, -0.25) is 0 Å². The van der Waals surface area contributed by atoms with Gasteiger partial charge in [0.15, 0.2) is 0 Å². The maximum Gasteiger partial charge on any atom is 0.0622 e. The minimum Gasteiger partial charge on any atom is -0.392 e. The van der Waals surface area contributed by atoms with Gasteiger partial charge in [0.25, 0.3) is 0 Å². The van der Waals surface area contributed by atoms with Gasteiger partial charge in [-0.25, -0.2) is 0 Å². The minimum atomic E-state index is -0.0562. The predicted molar refractivity (Wildman–Crippen MR) is 65.7 cm³/mol. The van der Waals surface area contributed by atoms with E-state index >= 15 is 0 Å². The van der Waals surface area contributed by atoms with E-state index in [2.05, 4.69) is 27.7 Å². The summed E-state index contributed by atoms with van der Waals surface area (Å²) in [6.45, 7) is 13.2. The molecule has 0 aromatic rings. The molecule has 3 unspecified atom stereocenters. The van der Waals surface area contributed by atoms with E-state index in [9.17, 15) is 5.11 Å². The molecule has 0 aromatic heterocycles. The van der Waals surface area contributed by atoms with Crippen LogP contribution in [0.25, 0.3) is 0 Å². The molecule has 3 saturated carbocycles. The zero-order valence-electron chi connectivity index (χ0n) is 11.3. The van der Waals surface area contributed by atoms with Gasteiger partial charge in [-0.1, -0.05) is 41.5 Å². The van der Waals surface area contributed by atoms with Crippen molar-refractivity contribution in [3.05, 3.63) is 0 Å². The Hall–Kier alpha value is -0.0400. The van der Waals surface area contributed by atoms with Crippen LogP contribution >= 0.6 is 0 Å². The number of hydrogen-bond acceptors (Lipinski definition) is 1. The zero-order chi connectivity index (χ0) is 11.9. The van der Waals surface area contributed by atoms with Crippen molar-refractivity contribution >= 4 is 0 Å². The Morgan fingerprint density at radius 3 is 2.07 bits per heavy atom. The van der Waals surface area contributed by atoms with Gasteiger partial charge in [-0.2, -0.15) is 0 Å². The summed E-state index contributed by atoms with van der Waals surface area (Å²) in [7, 11) is 0. The van der Waals surface area contributed by atoms with Crippen LogP contribution < -0.4 is 0 Å². The maximum atomic E-state index is 10.2. The van der Waals surface area contributed by atoms with E-state index in [0.717, 1.165) is 5.92 Å². The third-order valence-corrected chi connectivity index (χ3v) is 4.74. The molecule has 0 aliphatic heterocycles. The highest BCUT2D eigenvalue weighted by atomic mass is 16.3. The second-order valence-electron chi connectivity index (χ2n) is 6.27. The number of fused-ring (bicyclic) bond motifs is 3. The maximum absolute atomic E-state index is 10.2. The average Bonchev–Trinajstić information content (AvgIpc) is 2.15. The second kappa shape index (κ2) is 4.08. The van der Waals surface area contributed by atoms with E-state index in [1.807, 2.05) is 13.8 Å². The van der Waals surface area contributed by atoms with Crippen LogP contribution in [0.5, 0.6) is 0 Å². The molecule has 0 spiro atoms. The lowest BCUT2D eigenvalue weighted by Crippen LogP contribution is -2.56. The SMILES string of the molecule is CC.CC1C2CC[C@@](C)(CC2(C)C)C1O. The number of hydrogen-bond donors (Lipinski definition) is 1. The van der Waals surface area contributed by atoms with E-state index in [1.165, 1.54) is 19.3 Å². The summed E-state index contributed by atoms with van der Waals surface area (Å²) in [5.41, 5.74) is 0.656. The van der Waals surface area contributed by atoms with E-state index in [-0.39, 0.29) is 11.5 Å². The lowest BCUT2D eigenvalue weighted by Gasteiger charge is -2.59. The van der Waals surface area contributed by atoms with E-state index in [1.54, 1.807) is 0 Å². The molecular weight excluding hydrogens is 184 g/mol. The Balaban J connectivity index is 0.000000531. The van der Waals surface area contributed by atoms with Gasteiger partial charge in [0.2, 0.25) is 0 Å². The number of aliphatic hydroxyl groups excluding tert-OH is 1. The van der Waals surface area contributed by atoms with E-state index in [0.29, 0.717) is 11.3 Å². The van der Waals surface area contributed by atoms with Crippen LogP contribution in [-0.2, 0) is 0 Å². The largest absolute Gasteiger partial charge is 0.392 e. The van der Waals surface area contributed by atoms with Crippen LogP contribution in [0.1, 0.15) is 60.8 Å². The summed E-state index contributed by atoms with van der Waals surface area (Å²) in [5.74, 6) is 1.24. The van der Waals surface area contributed by atoms with Crippen molar-refractivity contribution < 1.29 is 5.11 Å². The molecule has 3 rings (SSSR count). The van der Waals surface area contributed by atoms with Crippen molar-refractivity contribution in [2.75, 3.05) is 0 Å². The lowest BCUT2D eigenvalue weighted by atomic mass is 9.47. The van der Waals surface area contributed by atoms with Crippen molar-refractivity contribution in [1.82, 2.24) is 0 Å². The van der Waals surface area contributed by atoms with Crippen LogP contribution in [-0.4, -0.2) is 11.2 Å². The number of rotatable bonds is 0. The van der Waals surface area contributed by atoms with Crippen molar-refractivity contribution in [2.45, 2.75) is 66.9 Å². The molecule has 1 N–H and O–H groups in total. The summed E-state index contributed by atoms with van der Waals surface area (Å²) in [6.07, 6.45) is 3.70. The van der Waals surface area contributed by atoms with Crippen LogP contribution in [0.4, 0.5) is 0 Å². The van der Waals surface area contributed by atoms with Crippen molar-refractivity contribution in [3.63, 3.8) is 0 Å². The Morgan fingerprint density at radius 2 is 1.67 bits per heavy atom. The van der Waals surface area contributed by atoms with Crippen LogP contribution in [0.15, 0.2) is 0 Å². The predicted octanol–water partition coefficient (Wildman–Crippen LogP) is 3.86. The summed E-state index contributed by atoms with van der Waals surface area (Å²) in [6, 6.07) is 0. The number of aliphatic hydroxyl groups is 1. The van der Waals surface area contributed by atoms with Crippen LogP contribution in [0.3, 0.4) is 0 Å². The molecule has 1 heteroatoms. The molecule has 15 heavy (non-hydrogen) atoms. The van der Waals surface area contributed by atoms with Crippen molar-refractivity contribution in [3.8, 4) is 0 Å². The fourth-order valence-corrected chi connectivity index (χ4v) is 4.22. The third-order valence-electron chi connectivity index (χ3n) is 4.74. The molecular formula is C14H28O. The first kappa shape index (κ1) is 13.0. The molecule has 2 bridgehead atoms. The van der Waals surface area contributed by atoms with Crippen LogP contribution in [0.2, 0.25) is 0 Å². The van der Waals surface area contributed by atoms with Gasteiger partial charge >= 0.3 is 0 Å². The van der Waals surface area contributed by atoms with Crippen LogP contribution in [0, 0.1) is 22.7 Å². The molecule has 0 aromatic carbocycles. The van der Waals surface area contributed by atoms with Crippen molar-refractivity contribution in [1.29, 1.82) is 0 Å². The van der Waals surface area contributed by atoms with Gasteiger partial charge in [0.1, 0.15) is 0 Å². The standard InChI is InChI=1S/C12H22O.C2H6/c1-8-9-5-6-12(4,10(8)13)7-11(9,2)3;1-2/h8-10,13H,5-7H2,1-4H3;1-2H3/t8?,9?,10?,12-;/m0./s1. The molecule has 4 atom stereocenters. The topological polar surface area (TPSA) is 20.2 Å². The highest BCUT2D eigenvalue weighted by molar-refractivity contribution is 5.05. The molecule has 0 radical (unpaired) electrons. The third kappa shape index (κ3) is 1.95. The normalized spacial score (nSPS) is 47.0. The minimum absolute atomic E-state index is 0.0562. The molecule has 3 fully saturated rings. The fraction of sp³-hybridized carbons (Fsp3) is 1.00. The summed E-state index contributed by atoms with van der Waals surface area (Å²) >= 11 is 0. The average molecular weight is 212 g/mol. The second-order valence-corrected chi connectivity index (χ2v) is 6.27. The van der Waals surface area contributed by atoms with Gasteiger partial charge in [-0.15, -0.1) is 0 Å². The van der Waals surface area contributed by atoms with Gasteiger partial charge in [0, 0.05) is 0 Å². The Labute approximate surface area is 95.3 Å². The fourth-order valence-electron chi connectivity index (χ4n) is 4.22. The molecule has 0 amide bonds. The highest BCUT2D eigenvalue weighted by Gasteiger charge is 2.55. The molecule has 1 nitrogen and oxygen atoms in total. The van der Waals surface area contributed by atoms with Gasteiger partial charge in [0.05, 0.1) is 6.10 Å². The Kier molecular flexibility index (Phi) is 3.55. The molecule has 3 aliphatic rings. The smallest absolute Gasteiger partial charge is 0.0622 e. The quantitative estimate of drug-likeness (QED) is 0.646.